The Kier molecular flexibility index (Phi) is 6.62. The summed E-state index contributed by atoms with van der Waals surface area (Å²) in [5.41, 5.74) is 3.75. The largest absolute Gasteiger partial charge is 0.372 e. The van der Waals surface area contributed by atoms with E-state index in [2.05, 4.69) is 69.3 Å². The van der Waals surface area contributed by atoms with Crippen LogP contribution >= 0.6 is 22.6 Å². The Bertz CT molecular complexity index is 1010. The first-order chi connectivity index (χ1) is 14.9. The maximum Gasteiger partial charge on any atom is 0.260 e. The van der Waals surface area contributed by atoms with Gasteiger partial charge in [-0.1, -0.05) is 0 Å². The molecule has 6 nitrogen and oxygen atoms in total. The zero-order chi connectivity index (χ0) is 22.0. The first-order valence-corrected chi connectivity index (χ1v) is 11.6. The molecule has 2 aliphatic rings. The summed E-state index contributed by atoms with van der Waals surface area (Å²) >= 11 is 2.18. The van der Waals surface area contributed by atoms with Gasteiger partial charge in [0.25, 0.3) is 11.8 Å². The van der Waals surface area contributed by atoms with Crippen LogP contribution in [-0.2, 0) is 4.79 Å². The van der Waals surface area contributed by atoms with Gasteiger partial charge in [0.05, 0.1) is 5.57 Å². The topological polar surface area (TPSA) is 64.7 Å². The molecule has 2 aromatic carbocycles. The van der Waals surface area contributed by atoms with Crippen molar-refractivity contribution < 1.29 is 9.59 Å². The highest BCUT2D eigenvalue weighted by Crippen LogP contribution is 2.27. The number of hydrogen-bond acceptors (Lipinski definition) is 5. The molecule has 0 aliphatic carbocycles. The number of carbonyl (C=O) groups excluding carboxylic acids is 2. The van der Waals surface area contributed by atoms with Gasteiger partial charge in [0.2, 0.25) is 0 Å². The zero-order valence-corrected chi connectivity index (χ0v) is 20.0. The number of rotatable bonds is 5. The number of halogens is 1. The van der Waals surface area contributed by atoms with E-state index in [-0.39, 0.29) is 11.8 Å². The number of amides is 2. The van der Waals surface area contributed by atoms with E-state index in [0.29, 0.717) is 16.7 Å². The molecule has 0 bridgehead atoms. The molecule has 0 atom stereocenters. The maximum atomic E-state index is 12.4. The van der Waals surface area contributed by atoms with Crippen molar-refractivity contribution in [3.05, 3.63) is 63.4 Å². The van der Waals surface area contributed by atoms with Crippen molar-refractivity contribution in [2.45, 2.75) is 12.8 Å². The van der Waals surface area contributed by atoms with E-state index in [0.717, 1.165) is 34.8 Å². The monoisotopic (exact) mass is 530 g/mol. The Morgan fingerprint density at radius 2 is 1.77 bits per heavy atom. The van der Waals surface area contributed by atoms with Crippen LogP contribution in [0.25, 0.3) is 5.57 Å². The first-order valence-electron chi connectivity index (χ1n) is 10.5. The van der Waals surface area contributed by atoms with Crippen LogP contribution in [0.1, 0.15) is 28.8 Å². The van der Waals surface area contributed by atoms with Gasteiger partial charge >= 0.3 is 0 Å². The van der Waals surface area contributed by atoms with Gasteiger partial charge in [-0.25, -0.2) is 0 Å². The molecule has 7 heteroatoms. The fraction of sp³-hybridized carbons (Fsp3) is 0.333. The number of hydrogen-bond donors (Lipinski definition) is 2. The molecule has 162 valence electrons. The molecular weight excluding hydrogens is 503 g/mol. The molecule has 2 aromatic rings. The third kappa shape index (κ3) is 5.10. The smallest absolute Gasteiger partial charge is 0.260 e. The van der Waals surface area contributed by atoms with Gasteiger partial charge < -0.3 is 15.1 Å². The van der Waals surface area contributed by atoms with Crippen LogP contribution in [0.2, 0.25) is 0 Å². The summed E-state index contributed by atoms with van der Waals surface area (Å²) in [5, 5.41) is 5.63. The molecule has 0 saturated carbocycles. The van der Waals surface area contributed by atoms with Crippen LogP contribution < -0.4 is 15.5 Å². The lowest BCUT2D eigenvalue weighted by molar-refractivity contribution is -0.114. The van der Waals surface area contributed by atoms with Crippen molar-refractivity contribution in [2.75, 3.05) is 43.9 Å². The van der Waals surface area contributed by atoms with Gasteiger partial charge in [-0.05, 0) is 97.9 Å². The number of nitrogens with zero attached hydrogens (tertiary/aromatic N) is 2. The second kappa shape index (κ2) is 9.40. The van der Waals surface area contributed by atoms with E-state index < -0.39 is 0 Å². The van der Waals surface area contributed by atoms with Gasteiger partial charge in [0, 0.05) is 51.9 Å². The molecule has 0 spiro atoms. The molecule has 2 aliphatic heterocycles. The van der Waals surface area contributed by atoms with Gasteiger partial charge in [-0.15, -0.1) is 0 Å². The number of piperidine rings is 1. The minimum absolute atomic E-state index is 0.354. The van der Waals surface area contributed by atoms with Crippen molar-refractivity contribution in [1.82, 2.24) is 10.2 Å². The van der Waals surface area contributed by atoms with Crippen molar-refractivity contribution in [2.24, 2.45) is 5.92 Å². The minimum Gasteiger partial charge on any atom is -0.372 e. The predicted molar refractivity (Wildman–Crippen MR) is 133 cm³/mol. The Hall–Kier alpha value is -2.39. The Morgan fingerprint density at radius 1 is 1.06 bits per heavy atom. The van der Waals surface area contributed by atoms with Gasteiger partial charge in [-0.2, -0.15) is 0 Å². The quantitative estimate of drug-likeness (QED) is 0.350. The molecule has 2 amide bonds. The summed E-state index contributed by atoms with van der Waals surface area (Å²) in [4.78, 5) is 29.2. The highest BCUT2D eigenvalue weighted by Gasteiger charge is 2.27. The van der Waals surface area contributed by atoms with E-state index in [4.69, 9.17) is 0 Å². The van der Waals surface area contributed by atoms with Gasteiger partial charge in [0.15, 0.2) is 0 Å². The molecule has 31 heavy (non-hydrogen) atoms. The summed E-state index contributed by atoms with van der Waals surface area (Å²) in [6, 6.07) is 13.8. The Balaban J connectivity index is 1.44. The predicted octanol–water partition coefficient (Wildman–Crippen LogP) is 3.79. The third-order valence-corrected chi connectivity index (χ3v) is 6.51. The normalized spacial score (nSPS) is 18.3. The fourth-order valence-electron chi connectivity index (χ4n) is 4.25. The van der Waals surface area contributed by atoms with Crippen LogP contribution in [0, 0.1) is 9.49 Å². The average Bonchev–Trinajstić information content (AvgIpc) is 2.74. The van der Waals surface area contributed by atoms with Crippen molar-refractivity contribution in [3.63, 3.8) is 0 Å². The number of anilines is 2. The number of fused-ring (bicyclic) bond motifs is 1. The Morgan fingerprint density at radius 3 is 2.45 bits per heavy atom. The summed E-state index contributed by atoms with van der Waals surface area (Å²) in [7, 11) is 4.28. The highest BCUT2D eigenvalue weighted by atomic mass is 127. The third-order valence-electron chi connectivity index (χ3n) is 5.84. The molecule has 2 N–H and O–H groups in total. The van der Waals surface area contributed by atoms with Crippen LogP contribution in [-0.4, -0.2) is 50.4 Å². The number of benzene rings is 2. The minimum atomic E-state index is -0.385. The van der Waals surface area contributed by atoms with Crippen molar-refractivity contribution >= 4 is 51.4 Å². The molecule has 4 rings (SSSR count). The first kappa shape index (κ1) is 21.8. The van der Waals surface area contributed by atoms with E-state index in [9.17, 15) is 9.59 Å². The summed E-state index contributed by atoms with van der Waals surface area (Å²) in [6.45, 7) is 3.32. The van der Waals surface area contributed by atoms with Crippen molar-refractivity contribution in [1.29, 1.82) is 0 Å². The van der Waals surface area contributed by atoms with E-state index >= 15 is 0 Å². The van der Waals surface area contributed by atoms with Crippen LogP contribution in [0.4, 0.5) is 11.4 Å². The lowest BCUT2D eigenvalue weighted by atomic mass is 9.95. The van der Waals surface area contributed by atoms with Crippen LogP contribution in [0.5, 0.6) is 0 Å². The van der Waals surface area contributed by atoms with Gasteiger partial charge in [0.1, 0.15) is 0 Å². The zero-order valence-electron chi connectivity index (χ0n) is 17.8. The number of nitrogens with one attached hydrogen (secondary N) is 2. The molecule has 2 heterocycles. The lowest BCUT2D eigenvalue weighted by Gasteiger charge is -2.34. The molecule has 0 unspecified atom stereocenters. The van der Waals surface area contributed by atoms with Gasteiger partial charge in [-0.3, -0.25) is 14.9 Å². The second-order valence-corrected chi connectivity index (χ2v) is 9.66. The summed E-state index contributed by atoms with van der Waals surface area (Å²) in [6.07, 6.45) is 4.12. The van der Waals surface area contributed by atoms with Crippen molar-refractivity contribution in [3.8, 4) is 0 Å². The molecule has 0 aromatic heterocycles. The maximum absolute atomic E-state index is 12.4. The number of imide groups is 1. The second-order valence-electron chi connectivity index (χ2n) is 8.42. The van der Waals surface area contributed by atoms with Crippen LogP contribution in [0.15, 0.2) is 48.7 Å². The fourth-order valence-corrected chi connectivity index (χ4v) is 4.75. The standard InChI is InChI=1S/C24H27IN4O2/c1-28(2)15-16-9-11-29(12-10-16)19-6-4-18(5-7-19)26-14-22-21-13-17(25)3-8-20(21)23(30)27-24(22)31/h3-8,13-14,16,26H,9-12,15H2,1-2H3,(H,27,30,31)/b22-14-. The SMILES string of the molecule is CN(C)CC1CCN(c2ccc(N/C=C3\C(=O)NC(=O)c4ccc(I)cc43)cc2)CC1. The number of carbonyl (C=O) groups is 2. The average molecular weight is 530 g/mol. The highest BCUT2D eigenvalue weighted by molar-refractivity contribution is 14.1. The lowest BCUT2D eigenvalue weighted by Crippen LogP contribution is -2.37. The Labute approximate surface area is 196 Å². The van der Waals surface area contributed by atoms with E-state index in [1.165, 1.54) is 18.5 Å². The summed E-state index contributed by atoms with van der Waals surface area (Å²) in [5.74, 6) is 0.0368. The summed E-state index contributed by atoms with van der Waals surface area (Å²) < 4.78 is 0.975. The molecular formula is C24H27IN4O2. The molecule has 1 fully saturated rings. The van der Waals surface area contributed by atoms with E-state index in [1.54, 1.807) is 12.3 Å². The molecule has 1 saturated heterocycles. The van der Waals surface area contributed by atoms with Crippen LogP contribution in [0.3, 0.4) is 0 Å². The van der Waals surface area contributed by atoms with E-state index in [1.807, 2.05) is 24.3 Å². The molecule has 0 radical (unpaired) electrons.